The largest absolute Gasteiger partial charge is 0.341 e. The predicted octanol–water partition coefficient (Wildman–Crippen LogP) is 3.89. The first-order valence-corrected chi connectivity index (χ1v) is 11.1. The summed E-state index contributed by atoms with van der Waals surface area (Å²) < 4.78 is 4.11. The molecular weight excluding hydrogens is 376 g/mol. The number of allylic oxidation sites excluding steroid dienone is 2. The number of hydrogen-bond acceptors (Lipinski definition) is 6. The summed E-state index contributed by atoms with van der Waals surface area (Å²) in [5.41, 5.74) is 0.970. The highest BCUT2D eigenvalue weighted by Gasteiger charge is 2.38. The maximum Gasteiger partial charge on any atom is 0.237 e. The van der Waals surface area contributed by atoms with Crippen molar-refractivity contribution in [1.29, 1.82) is 0 Å². The van der Waals surface area contributed by atoms with E-state index in [9.17, 15) is 0 Å². The second-order valence-corrected chi connectivity index (χ2v) is 8.48. The lowest BCUT2D eigenvalue weighted by atomic mass is 10.0. The predicted molar refractivity (Wildman–Crippen MR) is 113 cm³/mol. The molecule has 2 aliphatic carbocycles. The molecule has 0 radical (unpaired) electrons. The first-order chi connectivity index (χ1) is 14.8. The summed E-state index contributed by atoms with van der Waals surface area (Å²) in [7, 11) is 0. The summed E-state index contributed by atoms with van der Waals surface area (Å²) in [6.45, 7) is 2.22. The minimum atomic E-state index is 0.186. The minimum absolute atomic E-state index is 0.186. The molecule has 4 heterocycles. The average Bonchev–Trinajstić information content (AvgIpc) is 3.57. The molecule has 1 aliphatic heterocycles. The molecule has 3 aliphatic rings. The molecule has 1 fully saturated rings. The standard InChI is InChI=1S/C22H26N8/c1-2-17-21-27-25-14-29(21)18-13-24-22(26-20(18)30(17)16-9-5-6-10-16)28-12-11-23-19(28)15-7-3-4-8-15/h3,7,11-17H,2,4-6,8-10H2,1H3. The number of aromatic nitrogens is 7. The van der Waals surface area contributed by atoms with Crippen LogP contribution in [-0.2, 0) is 0 Å². The molecule has 2 atom stereocenters. The van der Waals surface area contributed by atoms with Crippen molar-refractivity contribution in [2.75, 3.05) is 4.90 Å². The smallest absolute Gasteiger partial charge is 0.237 e. The molecule has 3 aromatic rings. The Hall–Kier alpha value is -3.03. The quantitative estimate of drug-likeness (QED) is 0.616. The van der Waals surface area contributed by atoms with Crippen molar-refractivity contribution < 1.29 is 0 Å². The molecule has 30 heavy (non-hydrogen) atoms. The van der Waals surface area contributed by atoms with Crippen LogP contribution in [0.1, 0.15) is 75.5 Å². The molecule has 6 rings (SSSR count). The van der Waals surface area contributed by atoms with E-state index in [0.717, 1.165) is 42.4 Å². The Balaban J connectivity index is 1.50. The normalized spacial score (nSPS) is 23.2. The Bertz CT molecular complexity index is 1090. The molecule has 2 unspecified atom stereocenters. The van der Waals surface area contributed by atoms with Crippen molar-refractivity contribution >= 4 is 5.82 Å². The molecule has 0 N–H and O–H groups in total. The van der Waals surface area contributed by atoms with Crippen molar-refractivity contribution in [2.45, 2.75) is 69.9 Å². The van der Waals surface area contributed by atoms with Gasteiger partial charge in [-0.1, -0.05) is 31.9 Å². The lowest BCUT2D eigenvalue weighted by molar-refractivity contribution is 0.468. The SMILES string of the molecule is CCC1c2nncn2-c2cnc(-n3ccnc3C3C=CCC3)nc2N1C1CCCC1. The second-order valence-electron chi connectivity index (χ2n) is 8.48. The maximum atomic E-state index is 5.13. The highest BCUT2D eigenvalue weighted by atomic mass is 15.4. The van der Waals surface area contributed by atoms with Gasteiger partial charge in [-0.2, -0.15) is 4.98 Å². The summed E-state index contributed by atoms with van der Waals surface area (Å²) in [6.07, 6.45) is 20.1. The number of fused-ring (bicyclic) bond motifs is 3. The van der Waals surface area contributed by atoms with Crippen molar-refractivity contribution in [2.24, 2.45) is 0 Å². The second kappa shape index (κ2) is 7.04. The van der Waals surface area contributed by atoms with Gasteiger partial charge in [-0.05, 0) is 32.1 Å². The zero-order chi connectivity index (χ0) is 20.1. The highest BCUT2D eigenvalue weighted by molar-refractivity contribution is 5.62. The van der Waals surface area contributed by atoms with Crippen LogP contribution >= 0.6 is 0 Å². The van der Waals surface area contributed by atoms with Crippen molar-refractivity contribution in [3.8, 4) is 11.6 Å². The molecule has 0 spiro atoms. The van der Waals surface area contributed by atoms with Gasteiger partial charge in [0.05, 0.1) is 12.2 Å². The van der Waals surface area contributed by atoms with Crippen LogP contribution in [0.5, 0.6) is 0 Å². The molecule has 0 aromatic carbocycles. The maximum absolute atomic E-state index is 5.13. The van der Waals surface area contributed by atoms with Crippen LogP contribution in [0.3, 0.4) is 0 Å². The van der Waals surface area contributed by atoms with E-state index in [1.54, 1.807) is 6.33 Å². The Morgan fingerprint density at radius 3 is 2.77 bits per heavy atom. The van der Waals surface area contributed by atoms with Gasteiger partial charge in [-0.3, -0.25) is 9.13 Å². The van der Waals surface area contributed by atoms with Gasteiger partial charge in [0.15, 0.2) is 11.6 Å². The van der Waals surface area contributed by atoms with Crippen molar-refractivity contribution in [1.82, 2.24) is 34.3 Å². The zero-order valence-electron chi connectivity index (χ0n) is 17.2. The summed E-state index contributed by atoms with van der Waals surface area (Å²) >= 11 is 0. The molecule has 1 saturated carbocycles. The fourth-order valence-electron chi connectivity index (χ4n) is 5.36. The number of hydrogen-bond donors (Lipinski definition) is 0. The van der Waals surface area contributed by atoms with E-state index in [-0.39, 0.29) is 6.04 Å². The van der Waals surface area contributed by atoms with E-state index in [4.69, 9.17) is 9.97 Å². The van der Waals surface area contributed by atoms with Crippen LogP contribution in [0.2, 0.25) is 0 Å². The molecule has 0 bridgehead atoms. The van der Waals surface area contributed by atoms with E-state index < -0.39 is 0 Å². The van der Waals surface area contributed by atoms with Gasteiger partial charge in [0.25, 0.3) is 0 Å². The minimum Gasteiger partial charge on any atom is -0.341 e. The molecule has 8 heteroatoms. The van der Waals surface area contributed by atoms with Gasteiger partial charge in [0, 0.05) is 24.4 Å². The van der Waals surface area contributed by atoms with Gasteiger partial charge in [0.2, 0.25) is 5.95 Å². The van der Waals surface area contributed by atoms with E-state index in [1.807, 2.05) is 18.6 Å². The summed E-state index contributed by atoms with van der Waals surface area (Å²) in [5, 5.41) is 8.67. The Morgan fingerprint density at radius 1 is 1.07 bits per heavy atom. The van der Waals surface area contributed by atoms with Crippen molar-refractivity contribution in [3.05, 3.63) is 48.7 Å². The number of imidazole rings is 1. The summed E-state index contributed by atoms with van der Waals surface area (Å²) in [5.74, 6) is 4.03. The summed E-state index contributed by atoms with van der Waals surface area (Å²) in [4.78, 5) is 17.0. The number of nitrogens with zero attached hydrogens (tertiary/aromatic N) is 8. The lowest BCUT2D eigenvalue weighted by Crippen LogP contribution is -2.42. The van der Waals surface area contributed by atoms with Gasteiger partial charge in [-0.25, -0.2) is 9.97 Å². The molecular formula is C22H26N8. The van der Waals surface area contributed by atoms with Crippen LogP contribution in [0.25, 0.3) is 11.6 Å². The Morgan fingerprint density at radius 2 is 1.97 bits per heavy atom. The highest BCUT2D eigenvalue weighted by Crippen LogP contribution is 2.42. The number of rotatable bonds is 4. The van der Waals surface area contributed by atoms with Crippen molar-refractivity contribution in [3.63, 3.8) is 0 Å². The van der Waals surface area contributed by atoms with Crippen LogP contribution in [-0.4, -0.2) is 40.3 Å². The van der Waals surface area contributed by atoms with E-state index in [0.29, 0.717) is 17.9 Å². The first-order valence-electron chi connectivity index (χ1n) is 11.1. The van der Waals surface area contributed by atoms with Gasteiger partial charge in [-0.15, -0.1) is 10.2 Å². The van der Waals surface area contributed by atoms with Crippen LogP contribution in [0.15, 0.2) is 37.1 Å². The Kier molecular flexibility index (Phi) is 4.17. The Labute approximate surface area is 175 Å². The molecule has 8 nitrogen and oxygen atoms in total. The molecule has 154 valence electrons. The fourth-order valence-corrected chi connectivity index (χ4v) is 5.36. The monoisotopic (exact) mass is 402 g/mol. The molecule has 0 amide bonds. The fraction of sp³-hybridized carbons (Fsp3) is 0.500. The molecule has 3 aromatic heterocycles. The third kappa shape index (κ3) is 2.62. The summed E-state index contributed by atoms with van der Waals surface area (Å²) in [6, 6.07) is 0.674. The van der Waals surface area contributed by atoms with E-state index >= 15 is 0 Å². The van der Waals surface area contributed by atoms with E-state index in [1.165, 1.54) is 25.7 Å². The first kappa shape index (κ1) is 17.8. The zero-order valence-corrected chi connectivity index (χ0v) is 17.2. The topological polar surface area (TPSA) is 77.5 Å². The average molecular weight is 403 g/mol. The molecule has 0 saturated heterocycles. The number of anilines is 1. The van der Waals surface area contributed by atoms with Gasteiger partial charge in [0.1, 0.15) is 17.8 Å². The third-order valence-corrected chi connectivity index (χ3v) is 6.78. The lowest BCUT2D eigenvalue weighted by Gasteiger charge is -2.40. The van der Waals surface area contributed by atoms with Crippen LogP contribution < -0.4 is 4.90 Å². The van der Waals surface area contributed by atoms with Crippen LogP contribution in [0.4, 0.5) is 5.82 Å². The van der Waals surface area contributed by atoms with E-state index in [2.05, 4.69) is 48.3 Å². The van der Waals surface area contributed by atoms with Crippen LogP contribution in [0, 0.1) is 0 Å². The van der Waals surface area contributed by atoms with Gasteiger partial charge < -0.3 is 4.90 Å². The third-order valence-electron chi connectivity index (χ3n) is 6.78. The van der Waals surface area contributed by atoms with Gasteiger partial charge >= 0.3 is 0 Å².